The number of hydrogen-bond acceptors (Lipinski definition) is 33. The summed E-state index contributed by atoms with van der Waals surface area (Å²) in [5, 5.41) is 25.3. The van der Waals surface area contributed by atoms with Gasteiger partial charge in [0.1, 0.15) is 91.6 Å². The number of fused-ring (bicyclic) bond motifs is 4. The molecule has 0 spiro atoms. The van der Waals surface area contributed by atoms with Gasteiger partial charge < -0.3 is 108 Å². The maximum Gasteiger partial charge on any atom is 0.169 e. The number of thiazole rings is 1. The van der Waals surface area contributed by atoms with Crippen LogP contribution in [0.25, 0.3) is 43.6 Å². The Hall–Kier alpha value is -11.7. The number of thiophene rings is 1. The molecule has 16 heterocycles. The molecule has 4 aromatic carbocycles. The van der Waals surface area contributed by atoms with E-state index in [4.69, 9.17) is 91.2 Å². The molecule has 0 atom stereocenters. The monoisotopic (exact) mass is 2070 g/mol. The van der Waals surface area contributed by atoms with E-state index in [9.17, 15) is 0 Å². The van der Waals surface area contributed by atoms with Gasteiger partial charge in [0.25, 0.3) is 0 Å². The van der Waals surface area contributed by atoms with Crippen LogP contribution in [0.1, 0.15) is 98.5 Å². The first kappa shape index (κ1) is 104. The van der Waals surface area contributed by atoms with E-state index >= 15 is 0 Å². The first-order valence-electron chi connectivity index (χ1n) is 50.6. The van der Waals surface area contributed by atoms with Gasteiger partial charge in [-0.1, -0.05) is 31.7 Å². The number of piperidine rings is 4. The van der Waals surface area contributed by atoms with Crippen LogP contribution in [0, 0.1) is 0 Å². The molecule has 5 N–H and O–H groups in total. The van der Waals surface area contributed by atoms with Crippen molar-refractivity contribution < 1.29 is 42.3 Å². The Labute approximate surface area is 872 Å². The van der Waals surface area contributed by atoms with Crippen LogP contribution in [0.3, 0.4) is 0 Å². The SMILES string of the molecule is COc1cc2c(N3CCN(C(=S)NCc4ccco4)CC3)ncnc2cc1OCCN1CCCCC1.COc1cc2c(N3CCN(C(=S)NCc4cccs4)CC3)ncnc2cc1OCCN1CCCCC1.COc1cc2c(N3CCN(C(=S)NCc4ncc[nH]4)CC3)ncnc2cc1OCCN1CCCCC1.COc1cc2c(N3CCN(C(=S)NCc4nccs4)CC3)ncnc2cc1OCCN1CCCCC1. The maximum absolute atomic E-state index is 6.15. The van der Waals surface area contributed by atoms with Crippen LogP contribution in [-0.2, 0) is 26.2 Å². The zero-order valence-electron chi connectivity index (χ0n) is 83.1. The number of nitrogens with zero attached hydrogens (tertiary/aromatic N) is 22. The molecule has 8 aromatic heterocycles. The molecule has 0 radical (unpaired) electrons. The van der Waals surface area contributed by atoms with E-state index in [1.54, 1.807) is 88.9 Å². The van der Waals surface area contributed by atoms with Crippen LogP contribution >= 0.6 is 71.5 Å². The third-order valence-corrected chi connectivity index (χ3v) is 30.6. The summed E-state index contributed by atoms with van der Waals surface area (Å²) < 4.78 is 52.7. The van der Waals surface area contributed by atoms with E-state index in [1.165, 1.54) is 81.9 Å². The number of anilines is 4. The smallest absolute Gasteiger partial charge is 0.169 e. The zero-order chi connectivity index (χ0) is 99.0. The summed E-state index contributed by atoms with van der Waals surface area (Å²) in [7, 11) is 6.72. The molecule has 8 aliphatic rings. The van der Waals surface area contributed by atoms with Gasteiger partial charge in [-0.2, -0.15) is 0 Å². The predicted molar refractivity (Wildman–Crippen MR) is 584 cm³/mol. The average molecular weight is 2080 g/mol. The molecule has 42 heteroatoms. The van der Waals surface area contributed by atoms with E-state index in [0.29, 0.717) is 63.3 Å². The Morgan fingerprint density at radius 1 is 0.333 bits per heavy atom. The van der Waals surface area contributed by atoms with Crippen molar-refractivity contribution in [1.82, 2.24) is 115 Å². The standard InChI is InChI=1S/C26H34N6O3S.C26H34N6O2S2.C25H34N8O2S.C25H33N7O2S2/c1-33-23-16-21-22(17-24(23)35-15-13-30-7-3-2-4-8-30)28-19-29-25(21)31-9-11-32(12-10-31)26(36)27-18-20-6-5-14-34-20;1-33-23-16-21-22(17-24(23)34-14-13-30-7-3-2-4-8-30)28-19-29-25(21)31-9-11-32(12-10-31)26(35)27-18-20-6-5-15-36-20;1-34-21-15-19-20(16-22(21)35-14-13-31-7-3-2-4-8-31)29-18-30-24(19)32-9-11-33(12-10-32)25(36)28-17-23-26-5-6-27-23;1-33-21-15-19-20(16-22(21)34-13-12-30-6-3-2-4-7-30)28-18-29-24(19)31-8-10-32(11-9-31)25(35)27-17-23-26-5-14-36-23/h5-6,14,16-17,19H,2-4,7-13,15,18H2,1H3,(H,27,36);5-6,15-17,19H,2-4,7-14,18H2,1H3,(H,27,35);5-6,15-16,18H,2-4,7-14,17H2,1H3,(H,26,27)(H,28,36);5,14-16,18H,2-4,6-13,17H2,1H3,(H,27,35). The quantitative estimate of drug-likeness (QED) is 0.0245. The van der Waals surface area contributed by atoms with E-state index < -0.39 is 0 Å². The number of ether oxygens (including phenoxy) is 8. The summed E-state index contributed by atoms with van der Waals surface area (Å²) in [6.07, 6.45) is 29.2. The van der Waals surface area contributed by atoms with Crippen molar-refractivity contribution in [3.05, 3.63) is 155 Å². The molecule has 20 rings (SSSR count). The van der Waals surface area contributed by atoms with Gasteiger partial charge in [0, 0.05) is 206 Å². The number of H-pyrrole nitrogens is 1. The van der Waals surface area contributed by atoms with Crippen molar-refractivity contribution in [2.45, 2.75) is 103 Å². The molecule has 8 aliphatic heterocycles. The van der Waals surface area contributed by atoms with Gasteiger partial charge in [0.15, 0.2) is 66.4 Å². The largest absolute Gasteiger partial charge is 0.493 e. The highest BCUT2D eigenvalue weighted by molar-refractivity contribution is 7.80. The Morgan fingerprint density at radius 2 is 0.667 bits per heavy atom. The van der Waals surface area contributed by atoms with E-state index in [-0.39, 0.29) is 0 Å². The topological polar surface area (TPSA) is 319 Å². The Morgan fingerprint density at radius 3 is 0.958 bits per heavy atom. The first-order valence-corrected chi connectivity index (χ1v) is 54.0. The van der Waals surface area contributed by atoms with Gasteiger partial charge in [-0.05, 0) is 200 Å². The normalized spacial score (nSPS) is 16.8. The number of furan rings is 1. The van der Waals surface area contributed by atoms with E-state index in [1.807, 2.05) is 78.4 Å². The first-order chi connectivity index (χ1) is 70.8. The van der Waals surface area contributed by atoms with Crippen molar-refractivity contribution in [3.63, 3.8) is 0 Å². The number of methoxy groups -OCH3 is 4. The summed E-state index contributed by atoms with van der Waals surface area (Å²) in [5.74, 6) is 11.2. The second-order valence-corrected chi connectivity index (χ2v) is 40.1. The lowest BCUT2D eigenvalue weighted by Crippen LogP contribution is -2.51. The van der Waals surface area contributed by atoms with Gasteiger partial charge in [0.05, 0.1) is 82.9 Å². The molecule has 8 fully saturated rings. The Balaban J connectivity index is 0.000000132. The van der Waals surface area contributed by atoms with Crippen molar-refractivity contribution in [2.24, 2.45) is 0 Å². The van der Waals surface area contributed by atoms with Crippen molar-refractivity contribution in [1.29, 1.82) is 0 Å². The lowest BCUT2D eigenvalue weighted by Gasteiger charge is -2.37. The fourth-order valence-electron chi connectivity index (χ4n) is 19.3. The van der Waals surface area contributed by atoms with Crippen molar-refractivity contribution >= 4 is 159 Å². The molecular weight excluding hydrogens is 1940 g/mol. The minimum atomic E-state index is 0.588. The number of aromatic nitrogens is 11. The molecule has 36 nitrogen and oxygen atoms in total. The number of thiocarbonyl (C=S) groups is 4. The van der Waals surface area contributed by atoms with Crippen molar-refractivity contribution in [3.8, 4) is 46.0 Å². The zero-order valence-corrected chi connectivity index (χ0v) is 88.0. The van der Waals surface area contributed by atoms with Crippen LogP contribution in [0.5, 0.6) is 46.0 Å². The number of piperazine rings is 4. The Kier molecular flexibility index (Phi) is 38.4. The van der Waals surface area contributed by atoms with Gasteiger partial charge in [-0.15, -0.1) is 22.7 Å². The predicted octanol–water partition coefficient (Wildman–Crippen LogP) is 12.6. The van der Waals surface area contributed by atoms with Gasteiger partial charge >= 0.3 is 0 Å². The van der Waals surface area contributed by atoms with Gasteiger partial charge in [-0.3, -0.25) is 19.6 Å². The molecule has 0 unspecified atom stereocenters. The van der Waals surface area contributed by atoms with Gasteiger partial charge in [0.2, 0.25) is 0 Å². The molecule has 768 valence electrons. The maximum atomic E-state index is 6.15. The van der Waals surface area contributed by atoms with Crippen LogP contribution in [0.2, 0.25) is 0 Å². The number of likely N-dealkylation sites (tertiary alicyclic amines) is 4. The molecule has 144 heavy (non-hydrogen) atoms. The number of imidazole rings is 1. The number of rotatable bonds is 32. The molecule has 0 saturated carbocycles. The number of benzene rings is 4. The lowest BCUT2D eigenvalue weighted by atomic mass is 10.1. The second kappa shape index (κ2) is 53.4. The number of nitrogens with one attached hydrogen (secondary N) is 5. The van der Waals surface area contributed by atoms with Crippen LogP contribution in [0.15, 0.2) is 138 Å². The molecule has 12 aromatic rings. The minimum absolute atomic E-state index is 0.588. The molecule has 0 aliphatic carbocycles. The van der Waals surface area contributed by atoms with E-state index in [0.717, 1.165) is 322 Å². The molecule has 0 amide bonds. The number of hydrogen-bond donors (Lipinski definition) is 5. The molecule has 0 bridgehead atoms. The summed E-state index contributed by atoms with van der Waals surface area (Å²) in [6, 6.07) is 23.9. The summed E-state index contributed by atoms with van der Waals surface area (Å²) in [5.41, 5.74) is 3.43. The third kappa shape index (κ3) is 28.5. The lowest BCUT2D eigenvalue weighted by molar-refractivity contribution is 0.180. The average Bonchev–Trinajstić information content (AvgIpc) is 1.07. The van der Waals surface area contributed by atoms with Crippen molar-refractivity contribution in [2.75, 3.05) is 258 Å². The summed E-state index contributed by atoms with van der Waals surface area (Å²) in [4.78, 5) is 77.4. The molecule has 8 saturated heterocycles. The fraction of sp³-hybridized carbons (Fsp3) is 0.510. The minimum Gasteiger partial charge on any atom is -0.493 e. The van der Waals surface area contributed by atoms with Crippen LogP contribution in [-0.4, -0.2) is 353 Å². The third-order valence-electron chi connectivity index (χ3n) is 27.3. The highest BCUT2D eigenvalue weighted by Crippen LogP contribution is 2.41. The van der Waals surface area contributed by atoms with E-state index in [2.05, 4.69) is 152 Å². The van der Waals surface area contributed by atoms with Gasteiger partial charge in [-0.25, -0.2) is 49.8 Å². The summed E-state index contributed by atoms with van der Waals surface area (Å²) in [6.45, 7) is 31.3. The second-order valence-electron chi connectivity index (χ2n) is 36.5. The summed E-state index contributed by atoms with van der Waals surface area (Å²) >= 11 is 25.8. The molecular formula is C102H135N27O9S6. The number of aromatic amines is 1. The highest BCUT2D eigenvalue weighted by atomic mass is 32.1. The van der Waals surface area contributed by atoms with Crippen LogP contribution < -0.4 is 78.8 Å². The van der Waals surface area contributed by atoms with Crippen LogP contribution in [0.4, 0.5) is 23.3 Å². The highest BCUT2D eigenvalue weighted by Gasteiger charge is 2.30. The fourth-order valence-corrected chi connectivity index (χ4v) is 21.5. The Bertz CT molecular complexity index is 5310.